The first-order valence-electron chi connectivity index (χ1n) is 9.37. The number of nitrogens with zero attached hydrogens (tertiary/aromatic N) is 2. The van der Waals surface area contributed by atoms with Crippen molar-refractivity contribution in [1.82, 2.24) is 9.97 Å². The molecule has 3 aromatic rings. The SMILES string of the molecule is COc1ccc2nc3cc(Cl)ccc3c(NCCCN)c2n1.Cl.Cl.OCCO.OCCO. The monoisotopic (exact) mass is 512 g/mol. The molecule has 0 aliphatic heterocycles. The number of anilines is 1. The van der Waals surface area contributed by atoms with Crippen molar-refractivity contribution < 1.29 is 25.2 Å². The molecule has 0 atom stereocenters. The number of aromatic nitrogens is 2. The van der Waals surface area contributed by atoms with Gasteiger partial charge in [0.1, 0.15) is 5.52 Å². The Morgan fingerprint density at radius 2 is 1.56 bits per heavy atom. The fraction of sp³-hybridized carbons (Fsp3) is 0.400. The number of halogens is 3. The average Bonchev–Trinajstić information content (AvgIpc) is 2.78. The van der Waals surface area contributed by atoms with E-state index in [1.54, 1.807) is 13.2 Å². The number of rotatable bonds is 7. The summed E-state index contributed by atoms with van der Waals surface area (Å²) < 4.78 is 5.23. The van der Waals surface area contributed by atoms with Crippen LogP contribution in [0.5, 0.6) is 5.88 Å². The highest BCUT2D eigenvalue weighted by molar-refractivity contribution is 6.31. The molecular formula is C20H31Cl3N4O5. The number of benzene rings is 1. The number of hydrogen-bond acceptors (Lipinski definition) is 9. The summed E-state index contributed by atoms with van der Waals surface area (Å²) in [6, 6.07) is 9.36. The van der Waals surface area contributed by atoms with Crippen molar-refractivity contribution in [3.63, 3.8) is 0 Å². The van der Waals surface area contributed by atoms with E-state index in [0.29, 0.717) is 17.4 Å². The van der Waals surface area contributed by atoms with Gasteiger partial charge in [-0.3, -0.25) is 0 Å². The number of aliphatic hydroxyl groups is 4. The summed E-state index contributed by atoms with van der Waals surface area (Å²) >= 11 is 6.08. The lowest BCUT2D eigenvalue weighted by molar-refractivity contribution is 0.186. The van der Waals surface area contributed by atoms with Crippen molar-refractivity contribution in [1.29, 1.82) is 0 Å². The fourth-order valence-corrected chi connectivity index (χ4v) is 2.55. The smallest absolute Gasteiger partial charge is 0.213 e. The van der Waals surface area contributed by atoms with Gasteiger partial charge in [0.2, 0.25) is 5.88 Å². The van der Waals surface area contributed by atoms with Crippen molar-refractivity contribution >= 4 is 64.0 Å². The molecule has 0 aliphatic carbocycles. The molecular weight excluding hydrogens is 483 g/mol. The van der Waals surface area contributed by atoms with Crippen LogP contribution >= 0.6 is 36.4 Å². The van der Waals surface area contributed by atoms with Gasteiger partial charge in [-0.15, -0.1) is 24.8 Å². The van der Waals surface area contributed by atoms with E-state index in [1.165, 1.54) is 0 Å². The van der Waals surface area contributed by atoms with Crippen molar-refractivity contribution in [3.05, 3.63) is 35.4 Å². The molecule has 0 radical (unpaired) electrons. The van der Waals surface area contributed by atoms with E-state index in [1.807, 2.05) is 24.3 Å². The lowest BCUT2D eigenvalue weighted by Crippen LogP contribution is -2.09. The van der Waals surface area contributed by atoms with E-state index < -0.39 is 0 Å². The molecule has 0 fully saturated rings. The zero-order chi connectivity index (χ0) is 22.4. The second kappa shape index (κ2) is 18.8. The number of fused-ring (bicyclic) bond motifs is 2. The third-order valence-electron chi connectivity index (χ3n) is 3.65. The highest BCUT2D eigenvalue weighted by Gasteiger charge is 2.11. The Balaban J connectivity index is 0. The molecule has 0 aliphatic rings. The van der Waals surface area contributed by atoms with E-state index in [0.717, 1.165) is 40.6 Å². The molecule has 0 unspecified atom stereocenters. The molecule has 3 rings (SSSR count). The highest BCUT2D eigenvalue weighted by atomic mass is 35.5. The molecule has 0 saturated heterocycles. The van der Waals surface area contributed by atoms with Gasteiger partial charge in [0.25, 0.3) is 0 Å². The Kier molecular flexibility index (Phi) is 19.1. The van der Waals surface area contributed by atoms with Gasteiger partial charge in [-0.25, -0.2) is 9.97 Å². The van der Waals surface area contributed by atoms with Crippen LogP contribution in [0.15, 0.2) is 30.3 Å². The van der Waals surface area contributed by atoms with Gasteiger partial charge in [-0.2, -0.15) is 0 Å². The summed E-state index contributed by atoms with van der Waals surface area (Å²) in [7, 11) is 1.60. The molecule has 12 heteroatoms. The Labute approximate surface area is 204 Å². The predicted molar refractivity (Wildman–Crippen MR) is 134 cm³/mol. The summed E-state index contributed by atoms with van der Waals surface area (Å²) in [6.07, 6.45) is 0.878. The summed E-state index contributed by atoms with van der Waals surface area (Å²) in [6.45, 7) is 0.906. The predicted octanol–water partition coefficient (Wildman–Crippen LogP) is 1.99. The number of pyridine rings is 2. The number of nitrogens with two attached hydrogens (primary N) is 1. The van der Waals surface area contributed by atoms with E-state index in [-0.39, 0.29) is 51.2 Å². The van der Waals surface area contributed by atoms with Gasteiger partial charge in [0, 0.05) is 23.0 Å². The molecule has 0 saturated carbocycles. The van der Waals surface area contributed by atoms with Crippen LogP contribution in [0, 0.1) is 0 Å². The number of nitrogens with one attached hydrogen (secondary N) is 1. The van der Waals surface area contributed by atoms with Gasteiger partial charge in [0.05, 0.1) is 50.3 Å². The molecule has 2 heterocycles. The van der Waals surface area contributed by atoms with E-state index >= 15 is 0 Å². The van der Waals surface area contributed by atoms with Crippen LogP contribution in [0.4, 0.5) is 5.69 Å². The Hall–Kier alpha value is -1.69. The summed E-state index contributed by atoms with van der Waals surface area (Å²) in [5, 5.41) is 35.6. The Morgan fingerprint density at radius 1 is 0.938 bits per heavy atom. The van der Waals surface area contributed by atoms with Gasteiger partial charge in [-0.1, -0.05) is 11.6 Å². The van der Waals surface area contributed by atoms with Crippen molar-refractivity contribution in [2.75, 3.05) is 51.9 Å². The largest absolute Gasteiger partial charge is 0.481 e. The molecule has 9 nitrogen and oxygen atoms in total. The zero-order valence-corrected chi connectivity index (χ0v) is 20.1. The lowest BCUT2D eigenvalue weighted by atomic mass is 10.1. The number of hydrogen-bond donors (Lipinski definition) is 6. The summed E-state index contributed by atoms with van der Waals surface area (Å²) in [4.78, 5) is 9.17. The third-order valence-corrected chi connectivity index (χ3v) is 3.88. The van der Waals surface area contributed by atoms with Gasteiger partial charge >= 0.3 is 0 Å². The molecule has 0 bridgehead atoms. The van der Waals surface area contributed by atoms with Gasteiger partial charge < -0.3 is 36.2 Å². The van der Waals surface area contributed by atoms with E-state index in [9.17, 15) is 0 Å². The van der Waals surface area contributed by atoms with Crippen LogP contribution in [0.1, 0.15) is 6.42 Å². The minimum atomic E-state index is -0.125. The van der Waals surface area contributed by atoms with E-state index in [4.69, 9.17) is 42.5 Å². The molecule has 0 amide bonds. The van der Waals surface area contributed by atoms with Gasteiger partial charge in [-0.05, 0) is 37.2 Å². The molecule has 2 aromatic heterocycles. The Morgan fingerprint density at radius 3 is 2.09 bits per heavy atom. The number of aliphatic hydroxyl groups excluding tert-OH is 4. The zero-order valence-electron chi connectivity index (χ0n) is 17.7. The van der Waals surface area contributed by atoms with Crippen molar-refractivity contribution in [2.45, 2.75) is 6.42 Å². The standard InChI is InChI=1S/C16H17ClN4O.2C2H6O2.2ClH/c1-22-14-6-5-12-16(21-14)15(19-8-2-7-18)11-4-3-10(17)9-13(11)20-12;2*3-1-2-4;;/h3-6,9H,2,7-8,18H2,1H3,(H,19,20);2*3-4H,1-2H2;2*1H. The lowest BCUT2D eigenvalue weighted by Gasteiger charge is -2.13. The number of ether oxygens (including phenoxy) is 1. The molecule has 1 aromatic carbocycles. The van der Waals surface area contributed by atoms with Crippen LogP contribution < -0.4 is 15.8 Å². The van der Waals surface area contributed by atoms with Crippen LogP contribution in [-0.2, 0) is 0 Å². The first kappa shape index (κ1) is 32.5. The minimum absolute atomic E-state index is 0. The highest BCUT2D eigenvalue weighted by Crippen LogP contribution is 2.32. The second-order valence-corrected chi connectivity index (χ2v) is 6.27. The fourth-order valence-electron chi connectivity index (χ4n) is 2.38. The summed E-state index contributed by atoms with van der Waals surface area (Å²) in [5.41, 5.74) is 8.93. The van der Waals surface area contributed by atoms with Crippen LogP contribution in [-0.4, -0.2) is 77.0 Å². The van der Waals surface area contributed by atoms with Crippen molar-refractivity contribution in [3.8, 4) is 5.88 Å². The topological polar surface area (TPSA) is 154 Å². The third kappa shape index (κ3) is 10.3. The minimum Gasteiger partial charge on any atom is -0.481 e. The second-order valence-electron chi connectivity index (χ2n) is 5.83. The quantitative estimate of drug-likeness (QED) is 0.205. The first-order chi connectivity index (χ1) is 14.6. The normalized spacial score (nSPS) is 9.47. The number of methoxy groups -OCH3 is 1. The van der Waals surface area contributed by atoms with E-state index in [2.05, 4.69) is 15.3 Å². The van der Waals surface area contributed by atoms with Crippen LogP contribution in [0.2, 0.25) is 5.02 Å². The molecule has 32 heavy (non-hydrogen) atoms. The van der Waals surface area contributed by atoms with Gasteiger partial charge in [0.15, 0.2) is 0 Å². The summed E-state index contributed by atoms with van der Waals surface area (Å²) in [5.74, 6) is 0.560. The molecule has 7 N–H and O–H groups in total. The van der Waals surface area contributed by atoms with Crippen LogP contribution in [0.25, 0.3) is 21.9 Å². The molecule has 0 spiro atoms. The average molecular weight is 514 g/mol. The maximum Gasteiger partial charge on any atom is 0.213 e. The van der Waals surface area contributed by atoms with Crippen molar-refractivity contribution in [2.24, 2.45) is 5.73 Å². The first-order valence-corrected chi connectivity index (χ1v) is 9.75. The maximum absolute atomic E-state index is 7.62. The van der Waals surface area contributed by atoms with Crippen LogP contribution in [0.3, 0.4) is 0 Å². The maximum atomic E-state index is 7.62. The Bertz CT molecular complexity index is 898. The molecule has 182 valence electrons.